The van der Waals surface area contributed by atoms with E-state index >= 15 is 0 Å². The van der Waals surface area contributed by atoms with E-state index in [2.05, 4.69) is 37.1 Å². The van der Waals surface area contributed by atoms with Gasteiger partial charge in [-0.15, -0.1) is 0 Å². The number of benzene rings is 3. The first-order valence-electron chi connectivity index (χ1n) is 13.4. The minimum atomic E-state index is -0.771. The number of rotatable bonds is 12. The standard InChI is InChI=1S/C31H30BrClN4O7/c1-4-42-30(39)28-18(2)35-31(40)36-29(28)21-8-12-25(26(14-21)41-3)44-17-27(38)37-34-15-20-7-11-24(23(32)13-20)43-16-19-5-9-22(33)10-6-19/h5-15,29H,4,16-17H2,1-3H3,(H,37,38)(H2,35,36,40)/b34-15-/t29-/m1/s1. The molecule has 4 rings (SSSR count). The predicted octanol–water partition coefficient (Wildman–Crippen LogP) is 5.41. The molecule has 0 aliphatic carbocycles. The highest BCUT2D eigenvalue weighted by Crippen LogP contribution is 2.34. The zero-order chi connectivity index (χ0) is 31.6. The fourth-order valence-electron chi connectivity index (χ4n) is 4.22. The molecule has 11 nitrogen and oxygen atoms in total. The highest BCUT2D eigenvalue weighted by Gasteiger charge is 2.32. The van der Waals surface area contributed by atoms with Crippen molar-refractivity contribution < 1.29 is 33.3 Å². The number of esters is 1. The molecule has 0 unspecified atom stereocenters. The average Bonchev–Trinajstić information content (AvgIpc) is 3.00. The van der Waals surface area contributed by atoms with Crippen LogP contribution in [-0.4, -0.2) is 44.4 Å². The molecule has 0 saturated carbocycles. The van der Waals surface area contributed by atoms with E-state index in [0.29, 0.717) is 34.4 Å². The molecule has 230 valence electrons. The van der Waals surface area contributed by atoms with Gasteiger partial charge < -0.3 is 29.6 Å². The summed E-state index contributed by atoms with van der Waals surface area (Å²) in [6.45, 7) is 3.55. The van der Waals surface area contributed by atoms with Gasteiger partial charge in [0.15, 0.2) is 18.1 Å². The first-order valence-corrected chi connectivity index (χ1v) is 14.6. The fraction of sp³-hybridized carbons (Fsp3) is 0.226. The molecule has 0 aromatic heterocycles. The second kappa shape index (κ2) is 15.3. The van der Waals surface area contributed by atoms with Gasteiger partial charge in [-0.2, -0.15) is 5.10 Å². The van der Waals surface area contributed by atoms with Crippen LogP contribution in [0, 0.1) is 0 Å². The Hall–Kier alpha value is -4.55. The maximum Gasteiger partial charge on any atom is 0.338 e. The molecular weight excluding hydrogens is 656 g/mol. The molecule has 1 aliphatic rings. The fourth-order valence-corrected chi connectivity index (χ4v) is 4.85. The quantitative estimate of drug-likeness (QED) is 0.132. The van der Waals surface area contributed by atoms with Gasteiger partial charge in [0.1, 0.15) is 12.4 Å². The van der Waals surface area contributed by atoms with Crippen LogP contribution in [0.2, 0.25) is 5.02 Å². The van der Waals surface area contributed by atoms with Crippen molar-refractivity contribution in [1.82, 2.24) is 16.1 Å². The largest absolute Gasteiger partial charge is 0.493 e. The Kier molecular flexibility index (Phi) is 11.2. The predicted molar refractivity (Wildman–Crippen MR) is 168 cm³/mol. The van der Waals surface area contributed by atoms with Crippen LogP contribution in [0.5, 0.6) is 17.2 Å². The number of hydrazone groups is 1. The van der Waals surface area contributed by atoms with E-state index in [0.717, 1.165) is 15.6 Å². The summed E-state index contributed by atoms with van der Waals surface area (Å²) in [6.07, 6.45) is 1.49. The van der Waals surface area contributed by atoms with Crippen molar-refractivity contribution in [2.24, 2.45) is 5.10 Å². The highest BCUT2D eigenvalue weighted by molar-refractivity contribution is 9.10. The van der Waals surface area contributed by atoms with E-state index in [1.165, 1.54) is 13.3 Å². The zero-order valence-corrected chi connectivity index (χ0v) is 26.5. The normalized spacial score (nSPS) is 14.5. The summed E-state index contributed by atoms with van der Waals surface area (Å²) in [5.41, 5.74) is 5.35. The Morgan fingerprint density at radius 1 is 1.05 bits per heavy atom. The highest BCUT2D eigenvalue weighted by atomic mass is 79.9. The van der Waals surface area contributed by atoms with Gasteiger partial charge in [0.25, 0.3) is 5.91 Å². The second-order valence-electron chi connectivity index (χ2n) is 9.39. The maximum atomic E-state index is 12.6. The maximum absolute atomic E-state index is 12.6. The lowest BCUT2D eigenvalue weighted by atomic mass is 9.95. The monoisotopic (exact) mass is 684 g/mol. The van der Waals surface area contributed by atoms with Crippen molar-refractivity contribution >= 4 is 51.7 Å². The van der Waals surface area contributed by atoms with Crippen LogP contribution in [-0.2, 0) is 20.9 Å². The Morgan fingerprint density at radius 2 is 1.80 bits per heavy atom. The SMILES string of the molecule is CCOC(=O)C1=C(C)NC(=O)N[C@@H]1c1ccc(OCC(=O)N/N=C\c2ccc(OCc3ccc(Cl)cc3)c(Br)c2)c(OC)c1. The number of allylic oxidation sites excluding steroid dienone is 1. The molecule has 13 heteroatoms. The summed E-state index contributed by atoms with van der Waals surface area (Å²) >= 11 is 9.42. The van der Waals surface area contributed by atoms with Crippen LogP contribution >= 0.6 is 27.5 Å². The van der Waals surface area contributed by atoms with Crippen LogP contribution in [0.25, 0.3) is 0 Å². The van der Waals surface area contributed by atoms with Gasteiger partial charge in [0.2, 0.25) is 0 Å². The summed E-state index contributed by atoms with van der Waals surface area (Å²) < 4.78 is 22.8. The van der Waals surface area contributed by atoms with Crippen molar-refractivity contribution in [3.63, 3.8) is 0 Å². The second-order valence-corrected chi connectivity index (χ2v) is 10.7. The van der Waals surface area contributed by atoms with Gasteiger partial charge in [-0.05, 0) is 88.9 Å². The summed E-state index contributed by atoms with van der Waals surface area (Å²) in [5, 5.41) is 9.98. The molecule has 0 bridgehead atoms. The average molecular weight is 686 g/mol. The smallest absolute Gasteiger partial charge is 0.338 e. The van der Waals surface area contributed by atoms with Crippen molar-refractivity contribution in [3.05, 3.63) is 98.1 Å². The van der Waals surface area contributed by atoms with Gasteiger partial charge in [-0.1, -0.05) is 29.8 Å². The summed E-state index contributed by atoms with van der Waals surface area (Å²) in [7, 11) is 1.44. The topological polar surface area (TPSA) is 137 Å². The number of amides is 3. The van der Waals surface area contributed by atoms with E-state index in [1.54, 1.807) is 56.3 Å². The number of hydrogen-bond donors (Lipinski definition) is 3. The van der Waals surface area contributed by atoms with Gasteiger partial charge >= 0.3 is 12.0 Å². The molecule has 3 N–H and O–H groups in total. The number of carbonyl (C=O) groups excluding carboxylic acids is 3. The van der Waals surface area contributed by atoms with Crippen molar-refractivity contribution in [2.45, 2.75) is 26.5 Å². The number of hydrogen-bond acceptors (Lipinski definition) is 8. The third-order valence-corrected chi connectivity index (χ3v) is 7.18. The first-order chi connectivity index (χ1) is 21.2. The lowest BCUT2D eigenvalue weighted by Crippen LogP contribution is -2.45. The van der Waals surface area contributed by atoms with E-state index in [-0.39, 0.29) is 24.5 Å². The van der Waals surface area contributed by atoms with Crippen molar-refractivity contribution in [1.29, 1.82) is 0 Å². The van der Waals surface area contributed by atoms with E-state index in [9.17, 15) is 14.4 Å². The van der Waals surface area contributed by atoms with Crippen molar-refractivity contribution in [3.8, 4) is 17.2 Å². The van der Waals surface area contributed by atoms with Crippen LogP contribution in [0.4, 0.5) is 4.79 Å². The van der Waals surface area contributed by atoms with Gasteiger partial charge in [-0.25, -0.2) is 15.0 Å². The van der Waals surface area contributed by atoms with Crippen molar-refractivity contribution in [2.75, 3.05) is 20.3 Å². The minimum absolute atomic E-state index is 0.184. The van der Waals surface area contributed by atoms with Crippen LogP contribution in [0.15, 0.2) is 81.5 Å². The third-order valence-electron chi connectivity index (χ3n) is 6.31. The Labute approximate surface area is 267 Å². The first kappa shape index (κ1) is 32.4. The molecule has 0 fully saturated rings. The number of nitrogens with zero attached hydrogens (tertiary/aromatic N) is 1. The Balaban J connectivity index is 1.33. The summed E-state index contributed by atoms with van der Waals surface area (Å²) in [5.74, 6) is 0.191. The van der Waals surface area contributed by atoms with E-state index in [1.807, 2.05) is 18.2 Å². The number of nitrogens with one attached hydrogen (secondary N) is 3. The number of ether oxygens (including phenoxy) is 4. The molecule has 0 spiro atoms. The molecular formula is C31H30BrClN4O7. The van der Waals surface area contributed by atoms with Gasteiger partial charge in [0.05, 0.1) is 36.0 Å². The number of methoxy groups -OCH3 is 1. The summed E-state index contributed by atoms with van der Waals surface area (Å²) in [4.78, 5) is 37.1. The van der Waals surface area contributed by atoms with Crippen LogP contribution in [0.3, 0.4) is 0 Å². The lowest BCUT2D eigenvalue weighted by Gasteiger charge is -2.28. The van der Waals surface area contributed by atoms with Gasteiger partial charge in [0, 0.05) is 10.7 Å². The molecule has 0 radical (unpaired) electrons. The van der Waals surface area contributed by atoms with E-state index < -0.39 is 23.9 Å². The Morgan fingerprint density at radius 3 is 2.50 bits per heavy atom. The number of carbonyl (C=O) groups is 3. The number of halogens is 2. The third kappa shape index (κ3) is 8.51. The zero-order valence-electron chi connectivity index (χ0n) is 24.1. The molecule has 1 heterocycles. The molecule has 44 heavy (non-hydrogen) atoms. The molecule has 0 saturated heterocycles. The Bertz CT molecular complexity index is 1590. The molecule has 1 aliphatic heterocycles. The summed E-state index contributed by atoms with van der Waals surface area (Å²) in [6, 6.07) is 16.5. The van der Waals surface area contributed by atoms with Gasteiger partial charge in [-0.3, -0.25) is 4.79 Å². The minimum Gasteiger partial charge on any atom is -0.493 e. The number of urea groups is 1. The van der Waals surface area contributed by atoms with Crippen LogP contribution in [0.1, 0.15) is 36.6 Å². The van der Waals surface area contributed by atoms with E-state index in [4.69, 9.17) is 30.5 Å². The van der Waals surface area contributed by atoms with Crippen LogP contribution < -0.4 is 30.3 Å². The molecule has 3 aromatic rings. The molecule has 3 amide bonds. The molecule has 3 aromatic carbocycles. The lowest BCUT2D eigenvalue weighted by molar-refractivity contribution is -0.139. The molecule has 1 atom stereocenters.